The summed E-state index contributed by atoms with van der Waals surface area (Å²) in [5, 5.41) is 0. The summed E-state index contributed by atoms with van der Waals surface area (Å²) in [5.74, 6) is -11.8. The number of esters is 2. The first-order valence-corrected chi connectivity index (χ1v) is 9.57. The molecule has 0 N–H and O–H groups in total. The molecular weight excluding hydrogens is 461 g/mol. The van der Waals surface area contributed by atoms with E-state index in [0.717, 1.165) is 14.2 Å². The van der Waals surface area contributed by atoms with Gasteiger partial charge in [-0.3, -0.25) is 0 Å². The molecule has 2 aromatic carbocycles. The zero-order chi connectivity index (χ0) is 23.6. The van der Waals surface area contributed by atoms with Crippen LogP contribution in [0.15, 0.2) is 45.3 Å². The van der Waals surface area contributed by atoms with Gasteiger partial charge in [0.2, 0.25) is 5.82 Å². The molecular formula is C20H14F5NO5S. The molecule has 3 rings (SSSR count). The zero-order valence-electron chi connectivity index (χ0n) is 16.5. The second-order valence-corrected chi connectivity index (χ2v) is 7.29. The maximum atomic E-state index is 13.9. The van der Waals surface area contributed by atoms with E-state index in [1.54, 1.807) is 0 Å². The van der Waals surface area contributed by atoms with Crippen molar-refractivity contribution >= 4 is 29.4 Å². The van der Waals surface area contributed by atoms with E-state index in [-0.39, 0.29) is 29.5 Å². The van der Waals surface area contributed by atoms with Crippen LogP contribution in [0.3, 0.4) is 0 Å². The summed E-state index contributed by atoms with van der Waals surface area (Å²) in [5.41, 5.74) is 0.129. The number of nitrogens with zero attached hydrogens (tertiary/aromatic N) is 1. The summed E-state index contributed by atoms with van der Waals surface area (Å²) in [4.78, 5) is 24.7. The van der Waals surface area contributed by atoms with Crippen LogP contribution >= 0.6 is 11.8 Å². The fourth-order valence-corrected chi connectivity index (χ4v) is 3.70. The summed E-state index contributed by atoms with van der Waals surface area (Å²) in [6.45, 7) is -0.323. The Labute approximate surface area is 182 Å². The van der Waals surface area contributed by atoms with Crippen LogP contribution in [-0.2, 0) is 23.8 Å². The molecule has 1 aliphatic rings. The van der Waals surface area contributed by atoms with E-state index < -0.39 is 45.9 Å². The van der Waals surface area contributed by atoms with E-state index in [0.29, 0.717) is 17.4 Å². The van der Waals surface area contributed by atoms with Crippen LogP contribution in [0.25, 0.3) is 0 Å². The molecule has 0 amide bonds. The number of anilines is 1. The lowest BCUT2D eigenvalue weighted by Gasteiger charge is -2.31. The largest absolute Gasteiger partial charge is 0.466 e. The predicted molar refractivity (Wildman–Crippen MR) is 101 cm³/mol. The summed E-state index contributed by atoms with van der Waals surface area (Å²) in [6.07, 6.45) is 0. The van der Waals surface area contributed by atoms with Crippen LogP contribution in [0.1, 0.15) is 0 Å². The number of methoxy groups -OCH3 is 2. The van der Waals surface area contributed by atoms with Gasteiger partial charge >= 0.3 is 11.9 Å². The Morgan fingerprint density at radius 3 is 1.94 bits per heavy atom. The van der Waals surface area contributed by atoms with Crippen molar-refractivity contribution in [3.05, 3.63) is 64.6 Å². The molecule has 0 saturated carbocycles. The van der Waals surface area contributed by atoms with E-state index in [1.807, 2.05) is 0 Å². The Morgan fingerprint density at radius 1 is 0.875 bits per heavy atom. The first-order valence-electron chi connectivity index (χ1n) is 8.75. The fourth-order valence-electron chi connectivity index (χ4n) is 2.83. The van der Waals surface area contributed by atoms with E-state index in [1.165, 1.54) is 29.2 Å². The van der Waals surface area contributed by atoms with Crippen molar-refractivity contribution in [3.63, 3.8) is 0 Å². The molecule has 0 atom stereocenters. The van der Waals surface area contributed by atoms with Gasteiger partial charge in [-0.25, -0.2) is 31.5 Å². The molecule has 32 heavy (non-hydrogen) atoms. The number of rotatable bonds is 5. The van der Waals surface area contributed by atoms with Gasteiger partial charge in [0, 0.05) is 10.6 Å². The highest BCUT2D eigenvalue weighted by atomic mass is 32.2. The van der Waals surface area contributed by atoms with Crippen LogP contribution in [-0.4, -0.2) is 39.5 Å². The Morgan fingerprint density at radius 2 is 1.41 bits per heavy atom. The van der Waals surface area contributed by atoms with Crippen LogP contribution < -0.4 is 4.90 Å². The minimum Gasteiger partial charge on any atom is -0.466 e. The topological polar surface area (TPSA) is 65.1 Å². The molecule has 0 aliphatic carbocycles. The first kappa shape index (κ1) is 23.5. The van der Waals surface area contributed by atoms with Gasteiger partial charge in [0.05, 0.1) is 31.3 Å². The number of carbonyl (C=O) groups excluding carboxylic acids is 2. The van der Waals surface area contributed by atoms with Gasteiger partial charge in [0.15, 0.2) is 23.3 Å². The number of hydrogen-bond donors (Lipinski definition) is 0. The molecule has 0 fully saturated rings. The van der Waals surface area contributed by atoms with E-state index in [9.17, 15) is 31.5 Å². The van der Waals surface area contributed by atoms with Crippen molar-refractivity contribution in [2.45, 2.75) is 9.79 Å². The van der Waals surface area contributed by atoms with Gasteiger partial charge < -0.3 is 19.1 Å². The maximum Gasteiger partial charge on any atom is 0.355 e. The van der Waals surface area contributed by atoms with Gasteiger partial charge in [0.25, 0.3) is 0 Å². The maximum absolute atomic E-state index is 13.9. The molecule has 0 unspecified atom stereocenters. The third-order valence-corrected chi connectivity index (χ3v) is 5.44. The van der Waals surface area contributed by atoms with Crippen molar-refractivity contribution in [3.8, 4) is 0 Å². The molecule has 0 radical (unpaired) electrons. The zero-order valence-corrected chi connectivity index (χ0v) is 17.3. The lowest BCUT2D eigenvalue weighted by molar-refractivity contribution is -0.140. The monoisotopic (exact) mass is 475 g/mol. The quantitative estimate of drug-likeness (QED) is 0.281. The fraction of sp³-hybridized carbons (Fsp3) is 0.200. The average Bonchev–Trinajstić information content (AvgIpc) is 2.83. The number of hydrogen-bond acceptors (Lipinski definition) is 7. The third kappa shape index (κ3) is 4.28. The minimum absolute atomic E-state index is 0.0783. The summed E-state index contributed by atoms with van der Waals surface area (Å²) in [6, 6.07) is 5.47. The molecule has 0 spiro atoms. The molecule has 2 aromatic rings. The number of ether oxygens (including phenoxy) is 3. The second-order valence-electron chi connectivity index (χ2n) is 6.21. The van der Waals surface area contributed by atoms with Crippen LogP contribution in [0.5, 0.6) is 0 Å². The lowest BCUT2D eigenvalue weighted by atomic mass is 10.1. The second kappa shape index (κ2) is 9.57. The normalized spacial score (nSPS) is 13.9. The van der Waals surface area contributed by atoms with Crippen molar-refractivity contribution < 1.29 is 45.8 Å². The standard InChI is InChI=1S/C20H14F5NO5S/c1-29-19(27)11-7-31-8-26(17(11)20(28)30-2)9-3-5-10(6-4-9)32-18-15(24)13(22)12(21)14(23)16(18)25/h3-6H,7-8H2,1-2H3. The highest BCUT2D eigenvalue weighted by molar-refractivity contribution is 7.99. The number of benzene rings is 2. The van der Waals surface area contributed by atoms with Crippen molar-refractivity contribution in [1.82, 2.24) is 0 Å². The summed E-state index contributed by atoms with van der Waals surface area (Å²) in [7, 11) is 2.26. The molecule has 170 valence electrons. The Kier molecular flexibility index (Phi) is 7.04. The van der Waals surface area contributed by atoms with E-state index in [4.69, 9.17) is 9.47 Å². The Bertz CT molecular complexity index is 1080. The molecule has 0 bridgehead atoms. The highest BCUT2D eigenvalue weighted by Gasteiger charge is 2.32. The molecule has 6 nitrogen and oxygen atoms in total. The number of halogens is 5. The molecule has 0 aromatic heterocycles. The summed E-state index contributed by atoms with van der Waals surface area (Å²) < 4.78 is 82.6. The van der Waals surface area contributed by atoms with Crippen molar-refractivity contribution in [1.29, 1.82) is 0 Å². The van der Waals surface area contributed by atoms with Gasteiger partial charge in [-0.2, -0.15) is 0 Å². The van der Waals surface area contributed by atoms with Crippen LogP contribution in [0, 0.1) is 29.1 Å². The average molecular weight is 475 g/mol. The molecule has 1 aliphatic heterocycles. The van der Waals surface area contributed by atoms with Crippen LogP contribution in [0.2, 0.25) is 0 Å². The molecule has 12 heteroatoms. The smallest absolute Gasteiger partial charge is 0.355 e. The SMILES string of the molecule is COC(=O)C1=C(C(=O)OC)N(c2ccc(Sc3c(F)c(F)c(F)c(F)c3F)cc2)COC1. The minimum atomic E-state index is -2.24. The molecule has 1 heterocycles. The van der Waals surface area contributed by atoms with Gasteiger partial charge in [-0.15, -0.1) is 0 Å². The van der Waals surface area contributed by atoms with Crippen molar-refractivity contribution in [2.75, 3.05) is 32.5 Å². The van der Waals surface area contributed by atoms with Gasteiger partial charge in [-0.05, 0) is 24.3 Å². The number of carbonyl (C=O) groups is 2. The third-order valence-electron chi connectivity index (χ3n) is 4.37. The molecule has 0 saturated heterocycles. The van der Waals surface area contributed by atoms with Gasteiger partial charge in [-0.1, -0.05) is 11.8 Å². The summed E-state index contributed by atoms with van der Waals surface area (Å²) >= 11 is 0.330. The lowest BCUT2D eigenvalue weighted by Crippen LogP contribution is -2.38. The Balaban J connectivity index is 1.95. The van der Waals surface area contributed by atoms with E-state index >= 15 is 0 Å². The predicted octanol–water partition coefficient (Wildman–Crippen LogP) is 3.93. The Hall–Kier alpha value is -3.12. The highest BCUT2D eigenvalue weighted by Crippen LogP contribution is 2.37. The van der Waals surface area contributed by atoms with E-state index in [2.05, 4.69) is 4.74 Å². The van der Waals surface area contributed by atoms with Crippen LogP contribution in [0.4, 0.5) is 27.6 Å². The van der Waals surface area contributed by atoms with Gasteiger partial charge in [0.1, 0.15) is 12.4 Å². The van der Waals surface area contributed by atoms with Crippen molar-refractivity contribution in [2.24, 2.45) is 0 Å². The first-order chi connectivity index (χ1) is 15.2.